The van der Waals surface area contributed by atoms with Crippen LogP contribution in [0.3, 0.4) is 0 Å². The number of halogens is 1. The number of aromatic amines is 1. The fourth-order valence-corrected chi connectivity index (χ4v) is 4.86. The minimum absolute atomic E-state index is 0.207. The Morgan fingerprint density at radius 2 is 1.88 bits per heavy atom. The van der Waals surface area contributed by atoms with Gasteiger partial charge in [-0.25, -0.2) is 5.01 Å². The summed E-state index contributed by atoms with van der Waals surface area (Å²) in [5.41, 5.74) is 4.42. The highest BCUT2D eigenvalue weighted by atomic mass is 35.5. The Kier molecular flexibility index (Phi) is 14.1. The van der Waals surface area contributed by atoms with Crippen LogP contribution >= 0.6 is 22.9 Å². The molecule has 1 aliphatic heterocycles. The second-order valence-electron chi connectivity index (χ2n) is 9.60. The lowest BCUT2D eigenvalue weighted by Gasteiger charge is -2.32. The van der Waals surface area contributed by atoms with Gasteiger partial charge in [-0.1, -0.05) is 42.8 Å². The first-order valence-corrected chi connectivity index (χ1v) is 14.4. The number of amides is 2. The van der Waals surface area contributed by atoms with Crippen LogP contribution < -0.4 is 10.7 Å². The number of nitrogens with one attached hydrogen (secondary N) is 3. The van der Waals surface area contributed by atoms with E-state index >= 15 is 0 Å². The van der Waals surface area contributed by atoms with E-state index in [9.17, 15) is 9.59 Å². The lowest BCUT2D eigenvalue weighted by Crippen LogP contribution is -2.43. The average Bonchev–Trinajstić information content (AvgIpc) is 3.48. The number of H-pyrrole nitrogens is 1. The molecule has 3 aromatic rings. The van der Waals surface area contributed by atoms with Crippen LogP contribution in [0.15, 0.2) is 54.1 Å². The van der Waals surface area contributed by atoms with Crippen LogP contribution in [0, 0.1) is 0 Å². The highest BCUT2D eigenvalue weighted by molar-refractivity contribution is 7.20. The molecule has 0 atom stereocenters. The van der Waals surface area contributed by atoms with Crippen molar-refractivity contribution in [3.63, 3.8) is 0 Å². The van der Waals surface area contributed by atoms with Crippen molar-refractivity contribution in [1.29, 1.82) is 0 Å². The van der Waals surface area contributed by atoms with Gasteiger partial charge in [-0.05, 0) is 51.1 Å². The molecule has 3 N–H and O–H groups in total. The van der Waals surface area contributed by atoms with Crippen molar-refractivity contribution in [2.24, 2.45) is 0 Å². The van der Waals surface area contributed by atoms with E-state index in [4.69, 9.17) is 11.6 Å². The lowest BCUT2D eigenvalue weighted by atomic mass is 10.1. The third-order valence-corrected chi connectivity index (χ3v) is 6.90. The summed E-state index contributed by atoms with van der Waals surface area (Å²) in [7, 11) is 5.64. The summed E-state index contributed by atoms with van der Waals surface area (Å²) < 4.78 is 0. The maximum atomic E-state index is 12.9. The third-order valence-electron chi connectivity index (χ3n) is 5.72. The minimum Gasteiger partial charge on any atom is -0.306 e. The summed E-state index contributed by atoms with van der Waals surface area (Å²) in [5, 5.41) is 13.2. The summed E-state index contributed by atoms with van der Waals surface area (Å²) in [4.78, 5) is 31.0. The van der Waals surface area contributed by atoms with E-state index in [1.165, 1.54) is 11.3 Å². The van der Waals surface area contributed by atoms with Crippen molar-refractivity contribution >= 4 is 50.8 Å². The molecule has 0 radical (unpaired) electrons. The topological polar surface area (TPSA) is 96.6 Å². The molecule has 1 saturated heterocycles. The predicted molar refractivity (Wildman–Crippen MR) is 168 cm³/mol. The molecule has 0 spiro atoms. The Labute approximate surface area is 246 Å². The molecular weight excluding hydrogens is 546 g/mol. The fourth-order valence-electron chi connectivity index (χ4n) is 3.82. The number of nitrogens with zero attached hydrogens (tertiary/aromatic N) is 4. The molecule has 9 nitrogen and oxygen atoms in total. The van der Waals surface area contributed by atoms with Crippen LogP contribution in [0.25, 0.3) is 10.2 Å². The number of rotatable bonds is 7. The number of likely N-dealkylation sites (N-methyl/N-ethyl adjacent to an activating group) is 1. The molecule has 0 unspecified atom stereocenters. The fraction of sp³-hybridized carbons (Fsp3) is 0.414. The number of carbonyl (C=O) groups excluding carboxylic acids is 2. The smallest absolute Gasteiger partial charge is 0.275 e. The molecule has 1 fully saturated rings. The number of anilines is 1. The molecule has 0 aliphatic carbocycles. The molecule has 2 amide bonds. The average molecular weight is 588 g/mol. The lowest BCUT2D eigenvalue weighted by molar-refractivity contribution is 0.0861. The van der Waals surface area contributed by atoms with E-state index in [1.54, 1.807) is 37.3 Å². The SMILES string of the molecule is C=CC.CC/C=C(\C)Cl.CN1CCN(Cc2cccc(C(=O)Nc3[nH]nc4sc(C(=O)NN(C)C)cc34)c2)CC1. The Balaban J connectivity index is 0.000000544. The zero-order valence-electron chi connectivity index (χ0n) is 24.4. The number of hydrogen-bond acceptors (Lipinski definition) is 7. The molecule has 1 aliphatic rings. The number of hydrazine groups is 1. The number of benzene rings is 1. The Bertz CT molecular complexity index is 1270. The number of thiophene rings is 1. The van der Waals surface area contributed by atoms with E-state index in [2.05, 4.69) is 57.4 Å². The highest BCUT2D eigenvalue weighted by Crippen LogP contribution is 2.29. The number of fused-ring (bicyclic) bond motifs is 1. The van der Waals surface area contributed by atoms with Crippen LogP contribution in [0.1, 0.15) is 52.8 Å². The van der Waals surface area contributed by atoms with E-state index in [1.807, 2.05) is 32.1 Å². The van der Waals surface area contributed by atoms with Crippen molar-refractivity contribution in [3.05, 3.63) is 70.1 Å². The maximum Gasteiger partial charge on any atom is 0.275 e. The first-order chi connectivity index (χ1) is 19.1. The molecule has 218 valence electrons. The number of carbonyl (C=O) groups is 2. The van der Waals surface area contributed by atoms with E-state index < -0.39 is 0 Å². The number of hydrogen-bond donors (Lipinski definition) is 3. The van der Waals surface area contributed by atoms with Crippen LogP contribution in [0.2, 0.25) is 0 Å². The number of allylic oxidation sites excluding steroid dienone is 3. The van der Waals surface area contributed by atoms with Gasteiger partial charge in [-0.15, -0.1) is 17.9 Å². The molecule has 2 aromatic heterocycles. The van der Waals surface area contributed by atoms with Crippen LogP contribution in [-0.4, -0.2) is 84.1 Å². The van der Waals surface area contributed by atoms with Crippen molar-refractivity contribution in [3.8, 4) is 0 Å². The molecule has 0 saturated carbocycles. The van der Waals surface area contributed by atoms with Gasteiger partial charge in [0.1, 0.15) is 10.6 Å². The first-order valence-electron chi connectivity index (χ1n) is 13.2. The van der Waals surface area contributed by atoms with E-state index in [-0.39, 0.29) is 11.8 Å². The Morgan fingerprint density at radius 3 is 2.45 bits per heavy atom. The first kappa shape index (κ1) is 33.2. The van der Waals surface area contributed by atoms with Gasteiger partial charge < -0.3 is 10.2 Å². The summed E-state index contributed by atoms with van der Waals surface area (Å²) in [6.07, 6.45) is 4.76. The van der Waals surface area contributed by atoms with Gasteiger partial charge in [0, 0.05) is 57.4 Å². The van der Waals surface area contributed by atoms with Crippen molar-refractivity contribution in [1.82, 2.24) is 30.4 Å². The van der Waals surface area contributed by atoms with Gasteiger partial charge in [0.05, 0.1) is 10.3 Å². The van der Waals surface area contributed by atoms with Gasteiger partial charge in [-0.2, -0.15) is 5.10 Å². The third kappa shape index (κ3) is 10.9. The summed E-state index contributed by atoms with van der Waals surface area (Å²) in [5.74, 6) is 0.0720. The molecule has 1 aromatic carbocycles. The van der Waals surface area contributed by atoms with Crippen LogP contribution in [0.4, 0.5) is 5.82 Å². The number of piperazine rings is 1. The van der Waals surface area contributed by atoms with Gasteiger partial charge in [0.25, 0.3) is 11.8 Å². The second kappa shape index (κ2) is 16.9. The predicted octanol–water partition coefficient (Wildman–Crippen LogP) is 5.56. The van der Waals surface area contributed by atoms with Crippen molar-refractivity contribution in [2.75, 3.05) is 52.6 Å². The van der Waals surface area contributed by atoms with Crippen molar-refractivity contribution in [2.45, 2.75) is 33.7 Å². The Morgan fingerprint density at radius 1 is 1.20 bits per heavy atom. The second-order valence-corrected chi connectivity index (χ2v) is 11.2. The Hall–Kier alpha value is -3.02. The quantitative estimate of drug-likeness (QED) is 0.247. The summed E-state index contributed by atoms with van der Waals surface area (Å²) >= 11 is 6.71. The van der Waals surface area contributed by atoms with Crippen LogP contribution in [0.5, 0.6) is 0 Å². The summed E-state index contributed by atoms with van der Waals surface area (Å²) in [6, 6.07) is 9.45. The number of aromatic nitrogens is 2. The van der Waals surface area contributed by atoms with Gasteiger partial charge in [0.15, 0.2) is 0 Å². The van der Waals surface area contributed by atoms with Gasteiger partial charge >= 0.3 is 0 Å². The van der Waals surface area contributed by atoms with Gasteiger partial charge in [-0.3, -0.25) is 25.0 Å². The van der Waals surface area contributed by atoms with E-state index in [0.717, 1.165) is 55.1 Å². The standard InChI is InChI=1S/C21H27N7O2S.C5H9Cl.C3H6/c1-26(2)25-20(30)17-12-16-18(23-24-21(16)31-17)22-19(29)15-6-4-5-14(11-15)13-28-9-7-27(3)8-10-28;1-3-4-5(2)6;1-3-2/h4-6,11-12H,7-10,13H2,1-3H3,(H,25,30)(H2,22,23,24,29);4H,3H2,1-2H3;3H,1H2,2H3/b;5-4+;. The van der Waals surface area contributed by atoms with Gasteiger partial charge in [0.2, 0.25) is 0 Å². The molecule has 40 heavy (non-hydrogen) atoms. The maximum absolute atomic E-state index is 12.9. The van der Waals surface area contributed by atoms with E-state index in [0.29, 0.717) is 21.1 Å². The largest absolute Gasteiger partial charge is 0.306 e. The van der Waals surface area contributed by atoms with Crippen LogP contribution in [-0.2, 0) is 6.54 Å². The summed E-state index contributed by atoms with van der Waals surface area (Å²) in [6.45, 7) is 14.2. The molecule has 0 bridgehead atoms. The molecule has 4 rings (SSSR count). The monoisotopic (exact) mass is 587 g/mol. The molecule has 11 heteroatoms. The van der Waals surface area contributed by atoms with Crippen molar-refractivity contribution < 1.29 is 9.59 Å². The minimum atomic E-state index is -0.212. The zero-order valence-corrected chi connectivity index (χ0v) is 26.0. The normalized spacial score (nSPS) is 14.2. The highest BCUT2D eigenvalue weighted by Gasteiger charge is 2.18. The molecule has 3 heterocycles. The zero-order chi connectivity index (χ0) is 29.7. The molecular formula is C29H42ClN7O2S.